The van der Waals surface area contributed by atoms with E-state index in [4.69, 9.17) is 15.2 Å². The number of hydrogen-bond acceptors (Lipinski definition) is 4. The van der Waals surface area contributed by atoms with Gasteiger partial charge in [-0.1, -0.05) is 6.07 Å². The lowest BCUT2D eigenvalue weighted by Crippen LogP contribution is -2.20. The number of nitrogens with two attached hydrogens (primary N) is 1. The molecule has 1 aromatic rings. The zero-order chi connectivity index (χ0) is 11.2. The third-order valence-electron chi connectivity index (χ3n) is 2.81. The van der Waals surface area contributed by atoms with E-state index in [2.05, 4.69) is 4.98 Å². The summed E-state index contributed by atoms with van der Waals surface area (Å²) in [5.74, 6) is 1.20. The van der Waals surface area contributed by atoms with Gasteiger partial charge >= 0.3 is 0 Å². The summed E-state index contributed by atoms with van der Waals surface area (Å²) < 4.78 is 11.0. The first-order chi connectivity index (χ1) is 7.84. The molecule has 0 aliphatic carbocycles. The summed E-state index contributed by atoms with van der Waals surface area (Å²) in [4.78, 5) is 4.02. The molecule has 0 bridgehead atoms. The van der Waals surface area contributed by atoms with Gasteiger partial charge in [0.15, 0.2) is 0 Å². The van der Waals surface area contributed by atoms with Crippen LogP contribution in [0.4, 0.5) is 5.82 Å². The van der Waals surface area contributed by atoms with Gasteiger partial charge in [0, 0.05) is 19.4 Å². The van der Waals surface area contributed by atoms with Gasteiger partial charge in [-0.05, 0) is 30.4 Å². The van der Waals surface area contributed by atoms with E-state index in [1.165, 1.54) is 0 Å². The highest BCUT2D eigenvalue weighted by atomic mass is 16.5. The summed E-state index contributed by atoms with van der Waals surface area (Å²) in [6, 6.07) is 3.75. The Morgan fingerprint density at radius 2 is 2.19 bits per heavy atom. The van der Waals surface area contributed by atoms with Crippen LogP contribution in [0.15, 0.2) is 18.3 Å². The van der Waals surface area contributed by atoms with Gasteiger partial charge in [0.1, 0.15) is 5.82 Å². The number of nitrogens with zero attached hydrogens (tertiary/aromatic N) is 1. The van der Waals surface area contributed by atoms with Gasteiger partial charge in [0.05, 0.1) is 13.2 Å². The average Bonchev–Trinajstić information content (AvgIpc) is 2.33. The van der Waals surface area contributed by atoms with Crippen LogP contribution in [0.2, 0.25) is 0 Å². The topological polar surface area (TPSA) is 57.4 Å². The van der Waals surface area contributed by atoms with Crippen molar-refractivity contribution >= 4 is 5.82 Å². The molecule has 2 heterocycles. The summed E-state index contributed by atoms with van der Waals surface area (Å²) in [6.45, 7) is 3.17. The van der Waals surface area contributed by atoms with Crippen LogP contribution >= 0.6 is 0 Å². The van der Waals surface area contributed by atoms with Crippen molar-refractivity contribution in [2.24, 2.45) is 5.92 Å². The number of hydrogen-bond donors (Lipinski definition) is 1. The SMILES string of the molecule is Nc1ccc(COCC2CCOCC2)cn1. The maximum Gasteiger partial charge on any atom is 0.123 e. The maximum atomic E-state index is 5.66. The number of rotatable bonds is 4. The molecule has 1 fully saturated rings. The fourth-order valence-corrected chi connectivity index (χ4v) is 1.78. The van der Waals surface area contributed by atoms with Gasteiger partial charge in [-0.2, -0.15) is 0 Å². The van der Waals surface area contributed by atoms with Crippen molar-refractivity contribution < 1.29 is 9.47 Å². The minimum Gasteiger partial charge on any atom is -0.384 e. The van der Waals surface area contributed by atoms with Crippen LogP contribution in [0.3, 0.4) is 0 Å². The van der Waals surface area contributed by atoms with E-state index in [1.807, 2.05) is 6.07 Å². The number of ether oxygens (including phenoxy) is 2. The van der Waals surface area contributed by atoms with Gasteiger partial charge in [0.25, 0.3) is 0 Å². The Bertz CT molecular complexity index is 307. The predicted molar refractivity (Wildman–Crippen MR) is 61.8 cm³/mol. The Kier molecular flexibility index (Phi) is 4.13. The minimum absolute atomic E-state index is 0.549. The second-order valence-electron chi connectivity index (χ2n) is 4.16. The molecule has 2 N–H and O–H groups in total. The predicted octanol–water partition coefficient (Wildman–Crippen LogP) is 1.61. The van der Waals surface area contributed by atoms with Crippen LogP contribution in [-0.4, -0.2) is 24.8 Å². The normalized spacial score (nSPS) is 17.5. The molecule has 1 aliphatic heterocycles. The van der Waals surface area contributed by atoms with E-state index in [9.17, 15) is 0 Å². The molecule has 1 saturated heterocycles. The number of nitrogen functional groups attached to an aromatic ring is 1. The third-order valence-corrected chi connectivity index (χ3v) is 2.81. The highest BCUT2D eigenvalue weighted by Crippen LogP contribution is 2.15. The standard InChI is InChI=1S/C12H18N2O2/c13-12-2-1-11(7-14-12)9-16-8-10-3-5-15-6-4-10/h1-2,7,10H,3-6,8-9H2,(H2,13,14). The van der Waals surface area contributed by atoms with Gasteiger partial charge in [0.2, 0.25) is 0 Å². The van der Waals surface area contributed by atoms with Crippen molar-refractivity contribution in [3.05, 3.63) is 23.9 Å². The van der Waals surface area contributed by atoms with E-state index >= 15 is 0 Å². The third kappa shape index (κ3) is 3.47. The van der Waals surface area contributed by atoms with Crippen molar-refractivity contribution in [1.82, 2.24) is 4.98 Å². The first kappa shape index (κ1) is 11.4. The van der Waals surface area contributed by atoms with Crippen molar-refractivity contribution in [3.8, 4) is 0 Å². The molecule has 0 atom stereocenters. The molecule has 1 aliphatic rings. The smallest absolute Gasteiger partial charge is 0.123 e. The van der Waals surface area contributed by atoms with E-state index in [1.54, 1.807) is 12.3 Å². The second-order valence-corrected chi connectivity index (χ2v) is 4.16. The van der Waals surface area contributed by atoms with E-state index in [-0.39, 0.29) is 0 Å². The average molecular weight is 222 g/mol. The highest BCUT2D eigenvalue weighted by Gasteiger charge is 2.13. The quantitative estimate of drug-likeness (QED) is 0.840. The summed E-state index contributed by atoms with van der Waals surface area (Å²) in [7, 11) is 0. The molecule has 1 aromatic heterocycles. The Labute approximate surface area is 95.8 Å². The Morgan fingerprint density at radius 3 is 2.88 bits per heavy atom. The number of pyridine rings is 1. The lowest BCUT2D eigenvalue weighted by molar-refractivity contribution is 0.0157. The van der Waals surface area contributed by atoms with Crippen LogP contribution in [-0.2, 0) is 16.1 Å². The summed E-state index contributed by atoms with van der Waals surface area (Å²) in [5.41, 5.74) is 6.58. The Balaban J connectivity index is 1.69. The van der Waals surface area contributed by atoms with Crippen LogP contribution in [0.25, 0.3) is 0 Å². The molecule has 0 saturated carbocycles. The zero-order valence-electron chi connectivity index (χ0n) is 9.39. The molecule has 4 heteroatoms. The maximum absolute atomic E-state index is 5.66. The van der Waals surface area contributed by atoms with E-state index in [0.717, 1.165) is 38.2 Å². The van der Waals surface area contributed by atoms with Crippen molar-refractivity contribution in [3.63, 3.8) is 0 Å². The fraction of sp³-hybridized carbons (Fsp3) is 0.583. The molecule has 0 radical (unpaired) electrons. The number of anilines is 1. The molecule has 4 nitrogen and oxygen atoms in total. The van der Waals surface area contributed by atoms with Gasteiger partial charge < -0.3 is 15.2 Å². The van der Waals surface area contributed by atoms with Crippen molar-refractivity contribution in [1.29, 1.82) is 0 Å². The molecular formula is C12H18N2O2. The van der Waals surface area contributed by atoms with Gasteiger partial charge in [-0.15, -0.1) is 0 Å². The first-order valence-electron chi connectivity index (χ1n) is 5.70. The van der Waals surface area contributed by atoms with E-state index < -0.39 is 0 Å². The largest absolute Gasteiger partial charge is 0.384 e. The van der Waals surface area contributed by atoms with Crippen LogP contribution in [0, 0.1) is 5.92 Å². The van der Waals surface area contributed by atoms with Crippen molar-refractivity contribution in [2.45, 2.75) is 19.4 Å². The molecule has 88 valence electrons. The molecule has 0 amide bonds. The molecule has 0 aromatic carbocycles. The highest BCUT2D eigenvalue weighted by molar-refractivity contribution is 5.28. The second kappa shape index (κ2) is 5.82. The lowest BCUT2D eigenvalue weighted by Gasteiger charge is -2.21. The minimum atomic E-state index is 0.549. The fourth-order valence-electron chi connectivity index (χ4n) is 1.78. The molecule has 0 unspecified atom stereocenters. The zero-order valence-corrected chi connectivity index (χ0v) is 9.39. The molecule has 0 spiro atoms. The van der Waals surface area contributed by atoms with Crippen LogP contribution in [0.5, 0.6) is 0 Å². The van der Waals surface area contributed by atoms with E-state index in [0.29, 0.717) is 18.3 Å². The lowest BCUT2D eigenvalue weighted by atomic mass is 10.0. The van der Waals surface area contributed by atoms with Crippen LogP contribution in [0.1, 0.15) is 18.4 Å². The summed E-state index contributed by atoms with van der Waals surface area (Å²) in [6.07, 6.45) is 3.99. The molecular weight excluding hydrogens is 204 g/mol. The Morgan fingerprint density at radius 1 is 1.38 bits per heavy atom. The van der Waals surface area contributed by atoms with Gasteiger partial charge in [-0.3, -0.25) is 0 Å². The Hall–Kier alpha value is -1.13. The molecule has 2 rings (SSSR count). The van der Waals surface area contributed by atoms with Crippen molar-refractivity contribution in [2.75, 3.05) is 25.6 Å². The number of aromatic nitrogens is 1. The molecule has 16 heavy (non-hydrogen) atoms. The monoisotopic (exact) mass is 222 g/mol. The summed E-state index contributed by atoms with van der Waals surface area (Å²) in [5, 5.41) is 0. The first-order valence-corrected chi connectivity index (χ1v) is 5.70. The van der Waals surface area contributed by atoms with Crippen LogP contribution < -0.4 is 5.73 Å². The van der Waals surface area contributed by atoms with Gasteiger partial charge in [-0.25, -0.2) is 4.98 Å². The summed E-state index contributed by atoms with van der Waals surface area (Å²) >= 11 is 0.